The van der Waals surface area contributed by atoms with Gasteiger partial charge >= 0.3 is 5.69 Å². The third kappa shape index (κ3) is 3.52. The van der Waals surface area contributed by atoms with E-state index in [1.165, 1.54) is 11.3 Å². The van der Waals surface area contributed by atoms with Crippen LogP contribution in [-0.4, -0.2) is 31.1 Å². The van der Waals surface area contributed by atoms with Gasteiger partial charge in [0.15, 0.2) is 0 Å². The predicted octanol–water partition coefficient (Wildman–Crippen LogP) is 2.05. The number of aliphatic imine (C=N–C) groups is 1. The highest BCUT2D eigenvalue weighted by Crippen LogP contribution is 2.20. The van der Waals surface area contributed by atoms with Crippen LogP contribution in [-0.2, 0) is 6.42 Å². The van der Waals surface area contributed by atoms with Gasteiger partial charge in [0.1, 0.15) is 10.6 Å². The number of nitrogens with one attached hydrogen (secondary N) is 1. The minimum absolute atomic E-state index is 0.164. The molecule has 0 amide bonds. The van der Waals surface area contributed by atoms with Gasteiger partial charge in [-0.25, -0.2) is 14.4 Å². The van der Waals surface area contributed by atoms with Crippen molar-refractivity contribution >= 4 is 34.3 Å². The van der Waals surface area contributed by atoms with Crippen molar-refractivity contribution in [2.24, 2.45) is 4.99 Å². The maximum Gasteiger partial charge on any atom is 0.335 e. The van der Waals surface area contributed by atoms with Crippen LogP contribution >= 0.6 is 22.9 Å². The van der Waals surface area contributed by atoms with Crippen molar-refractivity contribution in [3.05, 3.63) is 60.7 Å². The van der Waals surface area contributed by atoms with Gasteiger partial charge in [-0.1, -0.05) is 29.9 Å². The lowest BCUT2D eigenvalue weighted by molar-refractivity contribution is 0.430. The molecule has 10 heteroatoms. The number of aromatic amines is 1. The molecule has 3 rings (SSSR count). The smallest absolute Gasteiger partial charge is 0.335 e. The van der Waals surface area contributed by atoms with E-state index in [4.69, 9.17) is 11.6 Å². The Kier molecular flexibility index (Phi) is 4.77. The van der Waals surface area contributed by atoms with Crippen LogP contribution in [0.3, 0.4) is 0 Å². The number of hydrogen-bond donors (Lipinski definition) is 2. The Hall–Kier alpha value is -2.78. The van der Waals surface area contributed by atoms with Gasteiger partial charge in [0, 0.05) is 11.2 Å². The summed E-state index contributed by atoms with van der Waals surface area (Å²) in [4.78, 5) is 30.3. The summed E-state index contributed by atoms with van der Waals surface area (Å²) in [5.74, 6) is -0.528. The molecule has 128 valence electrons. The zero-order chi connectivity index (χ0) is 18.0. The second kappa shape index (κ2) is 6.99. The van der Waals surface area contributed by atoms with Crippen LogP contribution in [0.4, 0.5) is 5.13 Å². The van der Waals surface area contributed by atoms with Crippen LogP contribution in [0.25, 0.3) is 5.69 Å². The third-order valence-electron chi connectivity index (χ3n) is 3.27. The van der Waals surface area contributed by atoms with E-state index < -0.39 is 17.1 Å². The summed E-state index contributed by atoms with van der Waals surface area (Å²) in [6.07, 6.45) is 1.88. The average molecular weight is 378 g/mol. The van der Waals surface area contributed by atoms with E-state index in [1.807, 2.05) is 6.92 Å². The molecule has 2 N–H and O–H groups in total. The van der Waals surface area contributed by atoms with Crippen LogP contribution < -0.4 is 11.2 Å². The number of rotatable bonds is 4. The summed E-state index contributed by atoms with van der Waals surface area (Å²) in [6.45, 7) is 1.94. The predicted molar refractivity (Wildman–Crippen MR) is 95.9 cm³/mol. The number of aromatic nitrogens is 4. The molecule has 0 spiro atoms. The van der Waals surface area contributed by atoms with Crippen LogP contribution in [0, 0.1) is 0 Å². The summed E-state index contributed by atoms with van der Waals surface area (Å²) in [5, 5.41) is 19.8. The third-order valence-corrected chi connectivity index (χ3v) is 4.50. The molecule has 2 heterocycles. The lowest BCUT2D eigenvalue weighted by Gasteiger charge is -2.09. The number of aromatic hydroxyl groups is 1. The molecule has 0 saturated heterocycles. The van der Waals surface area contributed by atoms with E-state index in [2.05, 4.69) is 20.2 Å². The summed E-state index contributed by atoms with van der Waals surface area (Å²) < 4.78 is 0.955. The van der Waals surface area contributed by atoms with Crippen LogP contribution in [0.2, 0.25) is 5.02 Å². The highest BCUT2D eigenvalue weighted by atomic mass is 35.5. The first-order valence-electron chi connectivity index (χ1n) is 7.20. The number of halogens is 1. The number of nitrogens with zero attached hydrogens (tertiary/aromatic N) is 4. The monoisotopic (exact) mass is 377 g/mol. The van der Waals surface area contributed by atoms with Crippen LogP contribution in [0.15, 0.2) is 38.8 Å². The number of hydrogen-bond acceptors (Lipinski definition) is 7. The van der Waals surface area contributed by atoms with E-state index in [0.29, 0.717) is 15.8 Å². The van der Waals surface area contributed by atoms with E-state index in [9.17, 15) is 14.7 Å². The number of benzene rings is 1. The second-order valence-electron chi connectivity index (χ2n) is 4.90. The zero-order valence-electron chi connectivity index (χ0n) is 12.9. The summed E-state index contributed by atoms with van der Waals surface area (Å²) in [7, 11) is 0. The molecule has 0 saturated carbocycles. The normalized spacial score (nSPS) is 11.3. The molecule has 25 heavy (non-hydrogen) atoms. The molecule has 2 aromatic heterocycles. The van der Waals surface area contributed by atoms with Gasteiger partial charge in [0.05, 0.1) is 5.69 Å². The Morgan fingerprint density at radius 1 is 1.32 bits per heavy atom. The highest BCUT2D eigenvalue weighted by molar-refractivity contribution is 7.14. The minimum Gasteiger partial charge on any atom is -0.493 e. The number of H-pyrrole nitrogens is 1. The van der Waals surface area contributed by atoms with Crippen molar-refractivity contribution in [2.45, 2.75) is 13.3 Å². The Morgan fingerprint density at radius 2 is 2.04 bits per heavy atom. The molecular formula is C15H12ClN5O3S. The largest absolute Gasteiger partial charge is 0.493 e. The summed E-state index contributed by atoms with van der Waals surface area (Å²) in [5.41, 5.74) is -1.34. The van der Waals surface area contributed by atoms with E-state index >= 15 is 0 Å². The zero-order valence-corrected chi connectivity index (χ0v) is 14.5. The Balaban J connectivity index is 2.08. The standard InChI is InChI=1S/C15H12ClN5O3S/c1-2-11-19-20-14(25-11)17-7-10-12(22)18-15(24)21(13(10)23)9-5-3-8(16)4-6-9/h3-7,23H,2H2,1H3,(H,18,22,24)/b17-7+. The number of aryl methyl sites for hydroxylation is 1. The van der Waals surface area contributed by atoms with Gasteiger partial charge < -0.3 is 5.11 Å². The van der Waals surface area contributed by atoms with Crippen molar-refractivity contribution in [1.29, 1.82) is 0 Å². The molecule has 0 fully saturated rings. The second-order valence-corrected chi connectivity index (χ2v) is 6.38. The highest BCUT2D eigenvalue weighted by Gasteiger charge is 2.14. The van der Waals surface area contributed by atoms with E-state index in [-0.39, 0.29) is 5.56 Å². The molecule has 0 radical (unpaired) electrons. The van der Waals surface area contributed by atoms with Crippen molar-refractivity contribution in [3.8, 4) is 11.6 Å². The van der Waals surface area contributed by atoms with Gasteiger partial charge in [-0.05, 0) is 30.7 Å². The van der Waals surface area contributed by atoms with Crippen molar-refractivity contribution in [2.75, 3.05) is 0 Å². The lowest BCUT2D eigenvalue weighted by atomic mass is 10.3. The topological polar surface area (TPSA) is 113 Å². The fourth-order valence-electron chi connectivity index (χ4n) is 2.04. The van der Waals surface area contributed by atoms with Crippen molar-refractivity contribution in [3.63, 3.8) is 0 Å². The molecule has 0 aliphatic rings. The van der Waals surface area contributed by atoms with Crippen LogP contribution in [0.5, 0.6) is 5.88 Å². The van der Waals surface area contributed by atoms with Crippen molar-refractivity contribution < 1.29 is 5.11 Å². The first-order valence-corrected chi connectivity index (χ1v) is 8.39. The Labute approximate surface area is 150 Å². The summed E-state index contributed by atoms with van der Waals surface area (Å²) >= 11 is 7.10. The quantitative estimate of drug-likeness (QED) is 0.675. The van der Waals surface area contributed by atoms with Gasteiger partial charge in [0.25, 0.3) is 5.56 Å². The molecule has 0 aliphatic heterocycles. The molecule has 0 aliphatic carbocycles. The van der Waals surface area contributed by atoms with Crippen molar-refractivity contribution in [1.82, 2.24) is 19.7 Å². The van der Waals surface area contributed by atoms with E-state index in [1.54, 1.807) is 24.3 Å². The first kappa shape index (κ1) is 17.1. The van der Waals surface area contributed by atoms with E-state index in [0.717, 1.165) is 22.2 Å². The molecule has 8 nitrogen and oxygen atoms in total. The first-order chi connectivity index (χ1) is 12.0. The van der Waals surface area contributed by atoms with Gasteiger partial charge in [0.2, 0.25) is 11.0 Å². The Bertz CT molecular complexity index is 1050. The maximum absolute atomic E-state index is 12.1. The minimum atomic E-state index is -0.772. The molecule has 0 unspecified atom stereocenters. The SMILES string of the molecule is CCc1nnc(/N=C/c2c(O)n(-c3ccc(Cl)cc3)c(=O)[nH]c2=O)s1. The van der Waals surface area contributed by atoms with Crippen LogP contribution in [0.1, 0.15) is 17.5 Å². The van der Waals surface area contributed by atoms with Gasteiger partial charge in [-0.15, -0.1) is 10.2 Å². The fourth-order valence-corrected chi connectivity index (χ4v) is 2.79. The van der Waals surface area contributed by atoms with Gasteiger partial charge in [-0.3, -0.25) is 9.78 Å². The maximum atomic E-state index is 12.1. The fraction of sp³-hybridized carbons (Fsp3) is 0.133. The average Bonchev–Trinajstić information content (AvgIpc) is 3.04. The molecule has 0 bridgehead atoms. The molecule has 0 atom stereocenters. The molecular weight excluding hydrogens is 366 g/mol. The lowest BCUT2D eigenvalue weighted by Crippen LogP contribution is -2.31. The molecule has 1 aromatic carbocycles. The van der Waals surface area contributed by atoms with Gasteiger partial charge in [-0.2, -0.15) is 0 Å². The molecule has 3 aromatic rings. The Morgan fingerprint density at radius 3 is 2.68 bits per heavy atom. The summed E-state index contributed by atoms with van der Waals surface area (Å²) in [6, 6.07) is 6.21.